The fourth-order valence-electron chi connectivity index (χ4n) is 0. The van der Waals surface area contributed by atoms with Crippen molar-refractivity contribution in [1.82, 2.24) is 0 Å². The third-order valence-corrected chi connectivity index (χ3v) is 0. The Morgan fingerprint density at radius 3 is 1.75 bits per heavy atom. The largest absolute Gasteiger partial charge is 1.00 e. The van der Waals surface area contributed by atoms with Crippen LogP contribution in [0.25, 0.3) is 0 Å². The van der Waals surface area contributed by atoms with Gasteiger partial charge < -0.3 is 0 Å². The summed E-state index contributed by atoms with van der Waals surface area (Å²) in [4.78, 5) is 0. The van der Waals surface area contributed by atoms with Gasteiger partial charge in [-0.25, -0.2) is 0 Å². The molecule has 0 unspecified atom stereocenters. The molecule has 0 fully saturated rings. The van der Waals surface area contributed by atoms with Crippen LogP contribution in [0.4, 0.5) is 0 Å². The van der Waals surface area contributed by atoms with Gasteiger partial charge in [0.1, 0.15) is 0 Å². The molecule has 0 atom stereocenters. The SMILES string of the molecule is CCCl.[Na+]. The molecule has 0 aliphatic carbocycles. The minimum absolute atomic E-state index is 0. The Kier molecular flexibility index (Phi) is 19.9. The van der Waals surface area contributed by atoms with Crippen molar-refractivity contribution < 1.29 is 29.6 Å². The zero-order chi connectivity index (χ0) is 2.71. The van der Waals surface area contributed by atoms with Gasteiger partial charge in [0.2, 0.25) is 0 Å². The molecule has 0 saturated heterocycles. The summed E-state index contributed by atoms with van der Waals surface area (Å²) in [6.07, 6.45) is 0. The van der Waals surface area contributed by atoms with Crippen LogP contribution in [0.1, 0.15) is 6.92 Å². The van der Waals surface area contributed by atoms with E-state index in [1.54, 1.807) is 0 Å². The maximum atomic E-state index is 5.00. The molecule has 0 aliphatic rings. The van der Waals surface area contributed by atoms with Crippen LogP contribution in [0.3, 0.4) is 0 Å². The van der Waals surface area contributed by atoms with Gasteiger partial charge in [0.25, 0.3) is 0 Å². The molecule has 0 rings (SSSR count). The van der Waals surface area contributed by atoms with Gasteiger partial charge in [0.05, 0.1) is 0 Å². The number of rotatable bonds is 0. The van der Waals surface area contributed by atoms with Crippen molar-refractivity contribution in [2.45, 2.75) is 6.92 Å². The average Bonchev–Trinajstić information content (AvgIpc) is 0.918. The Labute approximate surface area is 53.8 Å². The van der Waals surface area contributed by atoms with E-state index in [1.807, 2.05) is 6.92 Å². The Bertz CT molecular complexity index is 6.00. The minimum atomic E-state index is 0. The van der Waals surface area contributed by atoms with E-state index in [1.165, 1.54) is 0 Å². The van der Waals surface area contributed by atoms with Crippen LogP contribution >= 0.6 is 11.6 Å². The van der Waals surface area contributed by atoms with Crippen molar-refractivity contribution in [1.29, 1.82) is 0 Å². The zero-order valence-corrected chi connectivity index (χ0v) is 5.84. The minimum Gasteiger partial charge on any atom is -0.127 e. The average molecular weight is 87.5 g/mol. The first-order chi connectivity index (χ1) is 1.41. The molecule has 0 radical (unpaired) electrons. The van der Waals surface area contributed by atoms with Crippen molar-refractivity contribution in [2.24, 2.45) is 0 Å². The Balaban J connectivity index is 0. The predicted molar refractivity (Wildman–Crippen MR) is 16.4 cm³/mol. The summed E-state index contributed by atoms with van der Waals surface area (Å²) in [5, 5.41) is 0. The number of hydrogen-bond donors (Lipinski definition) is 0. The maximum Gasteiger partial charge on any atom is 1.00 e. The molecule has 2 heteroatoms. The fraction of sp³-hybridized carbons (Fsp3) is 1.00. The van der Waals surface area contributed by atoms with E-state index >= 15 is 0 Å². The van der Waals surface area contributed by atoms with Crippen LogP contribution in [0, 0.1) is 0 Å². The van der Waals surface area contributed by atoms with E-state index in [9.17, 15) is 0 Å². The van der Waals surface area contributed by atoms with Crippen LogP contribution in [0.15, 0.2) is 0 Å². The summed E-state index contributed by atoms with van der Waals surface area (Å²) in [7, 11) is 0. The first kappa shape index (κ1) is 8.99. The van der Waals surface area contributed by atoms with Crippen LogP contribution in [-0.4, -0.2) is 5.88 Å². The molecule has 0 bridgehead atoms. The predicted octanol–water partition coefficient (Wildman–Crippen LogP) is -1.75. The van der Waals surface area contributed by atoms with E-state index in [2.05, 4.69) is 0 Å². The molecule has 0 aromatic heterocycles. The van der Waals surface area contributed by atoms with Crippen LogP contribution in [0.5, 0.6) is 0 Å². The summed E-state index contributed by atoms with van der Waals surface area (Å²) >= 11 is 5.00. The Morgan fingerprint density at radius 2 is 1.75 bits per heavy atom. The van der Waals surface area contributed by atoms with E-state index in [0.717, 1.165) is 5.88 Å². The van der Waals surface area contributed by atoms with Gasteiger partial charge in [-0.2, -0.15) is 0 Å². The summed E-state index contributed by atoms with van der Waals surface area (Å²) < 4.78 is 0. The van der Waals surface area contributed by atoms with Crippen molar-refractivity contribution in [3.8, 4) is 0 Å². The third kappa shape index (κ3) is 10.4. The molecule has 0 heterocycles. The Hall–Kier alpha value is 1.29. The van der Waals surface area contributed by atoms with Gasteiger partial charge in [0.15, 0.2) is 0 Å². The van der Waals surface area contributed by atoms with Gasteiger partial charge >= 0.3 is 29.6 Å². The van der Waals surface area contributed by atoms with Crippen LogP contribution in [0.2, 0.25) is 0 Å². The summed E-state index contributed by atoms with van der Waals surface area (Å²) in [5.41, 5.74) is 0. The Morgan fingerprint density at radius 1 is 1.75 bits per heavy atom. The quantitative estimate of drug-likeness (QED) is 0.243. The molecule has 0 nitrogen and oxygen atoms in total. The second kappa shape index (κ2) is 8.85. The third-order valence-electron chi connectivity index (χ3n) is 0. The number of alkyl halides is 1. The van der Waals surface area contributed by atoms with Gasteiger partial charge in [-0.1, -0.05) is 6.92 Å². The summed E-state index contributed by atoms with van der Waals surface area (Å²) in [6, 6.07) is 0. The standard InChI is InChI=1S/C2H5Cl.Na/c1-2-3;/h2H2,1H3;/q;+1. The second-order valence-corrected chi connectivity index (χ2v) is 0.802. The monoisotopic (exact) mass is 87.0 g/mol. The van der Waals surface area contributed by atoms with E-state index in [-0.39, 0.29) is 29.6 Å². The smallest absolute Gasteiger partial charge is 0.127 e. The van der Waals surface area contributed by atoms with E-state index in [0.29, 0.717) is 0 Å². The van der Waals surface area contributed by atoms with Crippen molar-refractivity contribution in [3.63, 3.8) is 0 Å². The fourth-order valence-corrected chi connectivity index (χ4v) is 0. The normalized spacial score (nSPS) is 4.50. The van der Waals surface area contributed by atoms with Crippen LogP contribution in [-0.2, 0) is 0 Å². The number of hydrogen-bond acceptors (Lipinski definition) is 0. The molecule has 0 saturated carbocycles. The van der Waals surface area contributed by atoms with Gasteiger partial charge in [-0.15, -0.1) is 11.6 Å². The van der Waals surface area contributed by atoms with Crippen molar-refractivity contribution in [2.75, 3.05) is 5.88 Å². The topological polar surface area (TPSA) is 0 Å². The maximum absolute atomic E-state index is 5.00. The zero-order valence-electron chi connectivity index (χ0n) is 3.09. The van der Waals surface area contributed by atoms with Gasteiger partial charge in [-0.05, 0) is 0 Å². The molecule has 0 aliphatic heterocycles. The summed E-state index contributed by atoms with van der Waals surface area (Å²) in [6.45, 7) is 1.89. The second-order valence-electron chi connectivity index (χ2n) is 0.267. The van der Waals surface area contributed by atoms with E-state index in [4.69, 9.17) is 11.6 Å². The molecule has 20 valence electrons. The van der Waals surface area contributed by atoms with E-state index < -0.39 is 0 Å². The first-order valence-electron chi connectivity index (χ1n) is 0.974. The van der Waals surface area contributed by atoms with Crippen molar-refractivity contribution >= 4 is 11.6 Å². The van der Waals surface area contributed by atoms with Gasteiger partial charge in [0, 0.05) is 5.88 Å². The molecule has 0 aromatic rings. The molecular weight excluding hydrogens is 82.5 g/mol. The molecule has 0 N–H and O–H groups in total. The van der Waals surface area contributed by atoms with Gasteiger partial charge in [-0.3, -0.25) is 0 Å². The molecule has 4 heavy (non-hydrogen) atoms. The number of halogens is 1. The van der Waals surface area contributed by atoms with Crippen molar-refractivity contribution in [3.05, 3.63) is 0 Å². The molecule has 0 spiro atoms. The molecule has 0 aromatic carbocycles. The molecular formula is C2H5ClNa+. The van der Waals surface area contributed by atoms with Crippen LogP contribution < -0.4 is 29.6 Å². The summed E-state index contributed by atoms with van der Waals surface area (Å²) in [5.74, 6) is 0.722. The first-order valence-corrected chi connectivity index (χ1v) is 1.51. The molecule has 0 amide bonds.